The molecule has 116 valence electrons. The van der Waals surface area contributed by atoms with Gasteiger partial charge >= 0.3 is 5.97 Å². The second kappa shape index (κ2) is 8.00. The molecule has 1 aliphatic rings. The highest BCUT2D eigenvalue weighted by Gasteiger charge is 2.17. The van der Waals surface area contributed by atoms with Gasteiger partial charge in [0.15, 0.2) is 0 Å². The van der Waals surface area contributed by atoms with E-state index < -0.39 is 0 Å². The highest BCUT2D eigenvalue weighted by molar-refractivity contribution is 5.90. The van der Waals surface area contributed by atoms with Crippen LogP contribution in [0.2, 0.25) is 0 Å². The Morgan fingerprint density at radius 3 is 2.67 bits per heavy atom. The lowest BCUT2D eigenvalue weighted by Crippen LogP contribution is -2.46. The number of unbranched alkanes of at least 4 members (excludes halogenated alkanes) is 1. The summed E-state index contributed by atoms with van der Waals surface area (Å²) in [5.41, 5.74) is 7.24. The number of benzene rings is 1. The summed E-state index contributed by atoms with van der Waals surface area (Å²) in [5, 5.41) is 0. The number of nitrogens with two attached hydrogens (primary N) is 1. The Bertz CT molecular complexity index is 457. The lowest BCUT2D eigenvalue weighted by atomic mass is 10.1. The molecule has 0 spiro atoms. The molecule has 0 atom stereocenters. The second-order valence-electron chi connectivity index (χ2n) is 5.37. The molecule has 1 fully saturated rings. The third kappa shape index (κ3) is 4.44. The summed E-state index contributed by atoms with van der Waals surface area (Å²) in [5.74, 6) is -0.280. The van der Waals surface area contributed by atoms with Crippen molar-refractivity contribution in [3.63, 3.8) is 0 Å². The highest BCUT2D eigenvalue weighted by Crippen LogP contribution is 2.18. The van der Waals surface area contributed by atoms with E-state index in [1.807, 2.05) is 12.1 Å². The lowest BCUT2D eigenvalue weighted by Gasteiger charge is -2.36. The summed E-state index contributed by atoms with van der Waals surface area (Å²) >= 11 is 0. The SMILES string of the molecule is COC(=O)c1cccc(N2CCN(CCCCN)CC2)c1. The lowest BCUT2D eigenvalue weighted by molar-refractivity contribution is 0.0601. The van der Waals surface area contributed by atoms with Gasteiger partial charge in [-0.05, 0) is 44.1 Å². The number of ether oxygens (including phenoxy) is 1. The third-order valence-electron chi connectivity index (χ3n) is 3.93. The van der Waals surface area contributed by atoms with Crippen molar-refractivity contribution >= 4 is 11.7 Å². The maximum Gasteiger partial charge on any atom is 0.337 e. The van der Waals surface area contributed by atoms with Crippen LogP contribution in [-0.2, 0) is 4.74 Å². The predicted molar refractivity (Wildman–Crippen MR) is 84.7 cm³/mol. The minimum Gasteiger partial charge on any atom is -0.465 e. The van der Waals surface area contributed by atoms with Gasteiger partial charge in [0.05, 0.1) is 12.7 Å². The average molecular weight is 291 g/mol. The minimum absolute atomic E-state index is 0.280. The average Bonchev–Trinajstić information content (AvgIpc) is 2.55. The molecular formula is C16H25N3O2. The van der Waals surface area contributed by atoms with E-state index in [9.17, 15) is 4.79 Å². The number of methoxy groups -OCH3 is 1. The Hall–Kier alpha value is -1.59. The first kappa shape index (κ1) is 15.8. The molecule has 5 heteroatoms. The van der Waals surface area contributed by atoms with Crippen molar-refractivity contribution in [3.8, 4) is 0 Å². The van der Waals surface area contributed by atoms with Crippen molar-refractivity contribution in [3.05, 3.63) is 29.8 Å². The normalized spacial score (nSPS) is 16.0. The first-order chi connectivity index (χ1) is 10.2. The number of esters is 1. The van der Waals surface area contributed by atoms with Gasteiger partial charge in [-0.3, -0.25) is 4.90 Å². The number of hydrogen-bond donors (Lipinski definition) is 1. The number of rotatable bonds is 6. The number of hydrogen-bond acceptors (Lipinski definition) is 5. The van der Waals surface area contributed by atoms with Gasteiger partial charge in [0.2, 0.25) is 0 Å². The Morgan fingerprint density at radius 2 is 2.00 bits per heavy atom. The fourth-order valence-electron chi connectivity index (χ4n) is 2.66. The summed E-state index contributed by atoms with van der Waals surface area (Å²) < 4.78 is 4.77. The van der Waals surface area contributed by atoms with E-state index in [2.05, 4.69) is 15.9 Å². The molecular weight excluding hydrogens is 266 g/mol. The van der Waals surface area contributed by atoms with E-state index in [-0.39, 0.29) is 5.97 Å². The van der Waals surface area contributed by atoms with Gasteiger partial charge < -0.3 is 15.4 Å². The first-order valence-corrected chi connectivity index (χ1v) is 7.60. The number of carbonyl (C=O) groups excluding carboxylic acids is 1. The van der Waals surface area contributed by atoms with Crippen molar-refractivity contribution in [2.45, 2.75) is 12.8 Å². The Morgan fingerprint density at radius 1 is 1.24 bits per heavy atom. The van der Waals surface area contributed by atoms with E-state index in [4.69, 9.17) is 10.5 Å². The highest BCUT2D eigenvalue weighted by atomic mass is 16.5. The van der Waals surface area contributed by atoms with Crippen molar-refractivity contribution in [1.29, 1.82) is 0 Å². The van der Waals surface area contributed by atoms with Gasteiger partial charge in [-0.25, -0.2) is 4.79 Å². The zero-order valence-electron chi connectivity index (χ0n) is 12.8. The number of carbonyl (C=O) groups is 1. The van der Waals surface area contributed by atoms with Crippen molar-refractivity contribution in [1.82, 2.24) is 4.90 Å². The van der Waals surface area contributed by atoms with Gasteiger partial charge in [0.1, 0.15) is 0 Å². The van der Waals surface area contributed by atoms with E-state index in [1.165, 1.54) is 13.5 Å². The Balaban J connectivity index is 1.88. The van der Waals surface area contributed by atoms with Gasteiger partial charge in [-0.15, -0.1) is 0 Å². The van der Waals surface area contributed by atoms with Crippen LogP contribution < -0.4 is 10.6 Å². The van der Waals surface area contributed by atoms with Gasteiger partial charge in [0, 0.05) is 31.9 Å². The standard InChI is InChI=1S/C16H25N3O2/c1-21-16(20)14-5-4-6-15(13-14)19-11-9-18(10-12-19)8-3-2-7-17/h4-6,13H,2-3,7-12,17H2,1H3. The zero-order valence-corrected chi connectivity index (χ0v) is 12.8. The molecule has 1 aromatic carbocycles. The number of nitrogens with zero attached hydrogens (tertiary/aromatic N) is 2. The summed E-state index contributed by atoms with van der Waals surface area (Å²) in [4.78, 5) is 16.4. The molecule has 2 rings (SSSR count). The maximum absolute atomic E-state index is 11.6. The molecule has 1 heterocycles. The van der Waals surface area contributed by atoms with Crippen molar-refractivity contribution in [2.24, 2.45) is 5.73 Å². The molecule has 5 nitrogen and oxygen atoms in total. The molecule has 0 saturated carbocycles. The van der Waals surface area contributed by atoms with Crippen molar-refractivity contribution < 1.29 is 9.53 Å². The summed E-state index contributed by atoms with van der Waals surface area (Å²) in [7, 11) is 1.41. The van der Waals surface area contributed by atoms with Crippen LogP contribution in [0.15, 0.2) is 24.3 Å². The van der Waals surface area contributed by atoms with Crippen molar-refractivity contribution in [2.75, 3.05) is 51.3 Å². The molecule has 0 amide bonds. The molecule has 1 aromatic rings. The van der Waals surface area contributed by atoms with Gasteiger partial charge in [-0.1, -0.05) is 6.07 Å². The van der Waals surface area contributed by atoms with Crippen LogP contribution in [0.25, 0.3) is 0 Å². The van der Waals surface area contributed by atoms with Gasteiger partial charge in [0.25, 0.3) is 0 Å². The Labute approximate surface area is 126 Å². The molecule has 1 saturated heterocycles. The molecule has 1 aliphatic heterocycles. The third-order valence-corrected chi connectivity index (χ3v) is 3.93. The van der Waals surface area contributed by atoms with Crippen LogP contribution in [0, 0.1) is 0 Å². The fraction of sp³-hybridized carbons (Fsp3) is 0.562. The Kier molecular flexibility index (Phi) is 6.02. The number of piperazine rings is 1. The van der Waals surface area contributed by atoms with Gasteiger partial charge in [-0.2, -0.15) is 0 Å². The minimum atomic E-state index is -0.280. The quantitative estimate of drug-likeness (QED) is 0.633. The predicted octanol–water partition coefficient (Wildman–Crippen LogP) is 1.33. The monoisotopic (exact) mass is 291 g/mol. The molecule has 0 unspecified atom stereocenters. The van der Waals surface area contributed by atoms with Crippen LogP contribution in [0.1, 0.15) is 23.2 Å². The van der Waals surface area contributed by atoms with E-state index in [0.717, 1.165) is 51.4 Å². The maximum atomic E-state index is 11.6. The topological polar surface area (TPSA) is 58.8 Å². The van der Waals surface area contributed by atoms with Crippen LogP contribution in [-0.4, -0.2) is 57.2 Å². The largest absolute Gasteiger partial charge is 0.465 e. The molecule has 0 aliphatic carbocycles. The second-order valence-corrected chi connectivity index (χ2v) is 5.37. The summed E-state index contributed by atoms with van der Waals surface area (Å²) in [6.45, 7) is 6.02. The summed E-state index contributed by atoms with van der Waals surface area (Å²) in [6.07, 6.45) is 2.27. The fourth-order valence-corrected chi connectivity index (χ4v) is 2.66. The molecule has 21 heavy (non-hydrogen) atoms. The van der Waals surface area contributed by atoms with Crippen LogP contribution in [0.3, 0.4) is 0 Å². The zero-order chi connectivity index (χ0) is 15.1. The van der Waals surface area contributed by atoms with Crippen LogP contribution >= 0.6 is 0 Å². The van der Waals surface area contributed by atoms with E-state index in [0.29, 0.717) is 5.56 Å². The number of anilines is 1. The first-order valence-electron chi connectivity index (χ1n) is 7.60. The molecule has 0 aromatic heterocycles. The van der Waals surface area contributed by atoms with E-state index in [1.54, 1.807) is 6.07 Å². The summed E-state index contributed by atoms with van der Waals surface area (Å²) in [6, 6.07) is 7.67. The molecule has 0 bridgehead atoms. The molecule has 0 radical (unpaired) electrons. The van der Waals surface area contributed by atoms with Crippen LogP contribution in [0.4, 0.5) is 5.69 Å². The smallest absolute Gasteiger partial charge is 0.337 e. The van der Waals surface area contributed by atoms with E-state index >= 15 is 0 Å². The molecule has 2 N–H and O–H groups in total. The van der Waals surface area contributed by atoms with Crippen LogP contribution in [0.5, 0.6) is 0 Å².